The zero-order valence-corrected chi connectivity index (χ0v) is 10.4. The van der Waals surface area contributed by atoms with Gasteiger partial charge < -0.3 is 14.7 Å². The normalized spacial score (nSPS) is 12.5. The summed E-state index contributed by atoms with van der Waals surface area (Å²) in [5.74, 6) is 1.40. The van der Waals surface area contributed by atoms with Crippen molar-refractivity contribution in [1.29, 1.82) is 0 Å². The molecule has 0 unspecified atom stereocenters. The first-order chi connectivity index (χ1) is 9.25. The van der Waals surface area contributed by atoms with Crippen LogP contribution in [0.1, 0.15) is 23.1 Å². The van der Waals surface area contributed by atoms with Crippen molar-refractivity contribution >= 4 is 0 Å². The second-order valence-electron chi connectivity index (χ2n) is 4.28. The van der Waals surface area contributed by atoms with Crippen molar-refractivity contribution in [2.24, 2.45) is 5.73 Å². The van der Waals surface area contributed by atoms with Crippen LogP contribution >= 0.6 is 0 Å². The van der Waals surface area contributed by atoms with Gasteiger partial charge in [0.1, 0.15) is 6.04 Å². The molecule has 0 amide bonds. The molecule has 0 bridgehead atoms. The first-order valence-electron chi connectivity index (χ1n) is 5.94. The molecule has 2 N–H and O–H groups in total. The summed E-state index contributed by atoms with van der Waals surface area (Å²) in [5, 5.41) is 3.91. The van der Waals surface area contributed by atoms with Gasteiger partial charge in [-0.1, -0.05) is 35.5 Å². The van der Waals surface area contributed by atoms with E-state index in [1.54, 1.807) is 6.26 Å². The maximum absolute atomic E-state index is 6.09. The maximum atomic E-state index is 6.09. The number of hydrogen-bond acceptors (Lipinski definition) is 5. The monoisotopic (exact) mass is 255 g/mol. The Hall–Kier alpha value is -2.40. The smallest absolute Gasteiger partial charge is 0.248 e. The van der Waals surface area contributed by atoms with Crippen molar-refractivity contribution in [2.45, 2.75) is 13.0 Å². The quantitative estimate of drug-likeness (QED) is 0.778. The summed E-state index contributed by atoms with van der Waals surface area (Å²) in [6.07, 6.45) is 1.60. The van der Waals surface area contributed by atoms with Crippen molar-refractivity contribution in [3.63, 3.8) is 0 Å². The van der Waals surface area contributed by atoms with Crippen LogP contribution in [-0.4, -0.2) is 10.1 Å². The number of rotatable bonds is 3. The Labute approximate surface area is 110 Å². The van der Waals surface area contributed by atoms with Gasteiger partial charge in [0.25, 0.3) is 0 Å². The summed E-state index contributed by atoms with van der Waals surface area (Å²) < 4.78 is 10.5. The van der Waals surface area contributed by atoms with Gasteiger partial charge in [0.2, 0.25) is 11.7 Å². The average Bonchev–Trinajstić information content (AvgIpc) is 3.07. The standard InChI is InChI=1S/C14H13N3O2/c1-9-7-8-18-12(9)13-16-14(19-17-13)11(15)10-5-3-2-4-6-10/h2-8,11H,15H2,1H3/t11-/m1/s1. The lowest BCUT2D eigenvalue weighted by atomic mass is 10.1. The zero-order chi connectivity index (χ0) is 13.2. The summed E-state index contributed by atoms with van der Waals surface area (Å²) >= 11 is 0. The van der Waals surface area contributed by atoms with E-state index < -0.39 is 6.04 Å². The number of hydrogen-bond donors (Lipinski definition) is 1. The lowest BCUT2D eigenvalue weighted by Crippen LogP contribution is -2.11. The molecule has 0 aliphatic heterocycles. The molecule has 0 saturated heterocycles. The highest BCUT2D eigenvalue weighted by Crippen LogP contribution is 2.24. The number of aryl methyl sites for hydroxylation is 1. The molecule has 2 heterocycles. The van der Waals surface area contributed by atoms with E-state index in [4.69, 9.17) is 14.7 Å². The van der Waals surface area contributed by atoms with Gasteiger partial charge in [-0.05, 0) is 24.1 Å². The highest BCUT2D eigenvalue weighted by molar-refractivity contribution is 5.51. The fraction of sp³-hybridized carbons (Fsp3) is 0.143. The Morgan fingerprint density at radius 3 is 2.63 bits per heavy atom. The number of furan rings is 1. The largest absolute Gasteiger partial charge is 0.461 e. The fourth-order valence-electron chi connectivity index (χ4n) is 1.86. The number of nitrogens with zero attached hydrogens (tertiary/aromatic N) is 2. The third kappa shape index (κ3) is 2.15. The Morgan fingerprint density at radius 2 is 1.95 bits per heavy atom. The SMILES string of the molecule is Cc1ccoc1-c1noc([C@H](N)c2ccccc2)n1. The number of benzene rings is 1. The maximum Gasteiger partial charge on any atom is 0.248 e. The Kier molecular flexibility index (Phi) is 2.89. The minimum absolute atomic E-state index is 0.372. The molecule has 1 atom stereocenters. The molecule has 2 aromatic heterocycles. The second-order valence-corrected chi connectivity index (χ2v) is 4.28. The van der Waals surface area contributed by atoms with Crippen LogP contribution in [0.2, 0.25) is 0 Å². The molecule has 5 heteroatoms. The number of aromatic nitrogens is 2. The molecule has 0 spiro atoms. The van der Waals surface area contributed by atoms with Gasteiger partial charge in [-0.2, -0.15) is 4.98 Å². The molecule has 0 fully saturated rings. The Morgan fingerprint density at radius 1 is 1.16 bits per heavy atom. The molecular weight excluding hydrogens is 242 g/mol. The topological polar surface area (TPSA) is 78.1 Å². The molecule has 0 radical (unpaired) electrons. The Bertz CT molecular complexity index is 673. The summed E-state index contributed by atoms with van der Waals surface area (Å²) in [6, 6.07) is 11.0. The van der Waals surface area contributed by atoms with Crippen molar-refractivity contribution in [2.75, 3.05) is 0 Å². The van der Waals surface area contributed by atoms with Crippen LogP contribution < -0.4 is 5.73 Å². The molecule has 0 saturated carbocycles. The Balaban J connectivity index is 1.92. The molecular formula is C14H13N3O2. The lowest BCUT2D eigenvalue weighted by molar-refractivity contribution is 0.366. The van der Waals surface area contributed by atoms with Gasteiger partial charge in [0.15, 0.2) is 5.76 Å². The van der Waals surface area contributed by atoms with Gasteiger partial charge in [-0.3, -0.25) is 0 Å². The minimum Gasteiger partial charge on any atom is -0.461 e. The fourth-order valence-corrected chi connectivity index (χ4v) is 1.86. The molecule has 3 rings (SSSR count). The lowest BCUT2D eigenvalue weighted by Gasteiger charge is -2.05. The molecule has 19 heavy (non-hydrogen) atoms. The minimum atomic E-state index is -0.433. The van der Waals surface area contributed by atoms with Crippen LogP contribution in [0.4, 0.5) is 0 Å². The predicted octanol–water partition coefficient (Wildman–Crippen LogP) is 2.69. The van der Waals surface area contributed by atoms with Crippen LogP contribution in [-0.2, 0) is 0 Å². The second kappa shape index (κ2) is 4.70. The molecule has 3 aromatic rings. The molecule has 0 aliphatic carbocycles. The first kappa shape index (κ1) is 11.7. The molecule has 96 valence electrons. The van der Waals surface area contributed by atoms with Gasteiger partial charge >= 0.3 is 0 Å². The zero-order valence-electron chi connectivity index (χ0n) is 10.4. The van der Waals surface area contributed by atoms with E-state index in [0.29, 0.717) is 17.5 Å². The van der Waals surface area contributed by atoms with E-state index in [2.05, 4.69) is 10.1 Å². The van der Waals surface area contributed by atoms with Crippen LogP contribution in [0.15, 0.2) is 51.6 Å². The van der Waals surface area contributed by atoms with E-state index in [-0.39, 0.29) is 0 Å². The highest BCUT2D eigenvalue weighted by atomic mass is 16.5. The molecule has 5 nitrogen and oxygen atoms in total. The third-order valence-corrected chi connectivity index (χ3v) is 2.93. The predicted molar refractivity (Wildman–Crippen MR) is 69.2 cm³/mol. The first-order valence-corrected chi connectivity index (χ1v) is 5.94. The van der Waals surface area contributed by atoms with Gasteiger partial charge in [-0.25, -0.2) is 0 Å². The van der Waals surface area contributed by atoms with Crippen LogP contribution in [0.3, 0.4) is 0 Å². The van der Waals surface area contributed by atoms with E-state index in [1.165, 1.54) is 0 Å². The summed E-state index contributed by atoms with van der Waals surface area (Å²) in [5.41, 5.74) is 7.98. The van der Waals surface area contributed by atoms with E-state index in [0.717, 1.165) is 11.1 Å². The van der Waals surface area contributed by atoms with Crippen LogP contribution in [0, 0.1) is 6.92 Å². The van der Waals surface area contributed by atoms with Crippen LogP contribution in [0.25, 0.3) is 11.6 Å². The van der Waals surface area contributed by atoms with E-state index in [9.17, 15) is 0 Å². The van der Waals surface area contributed by atoms with Gasteiger partial charge in [-0.15, -0.1) is 0 Å². The van der Waals surface area contributed by atoms with Crippen LogP contribution in [0.5, 0.6) is 0 Å². The number of nitrogens with two attached hydrogens (primary N) is 1. The van der Waals surface area contributed by atoms with Crippen molar-refractivity contribution in [3.05, 3.63) is 59.7 Å². The van der Waals surface area contributed by atoms with E-state index in [1.807, 2.05) is 43.3 Å². The molecule has 1 aromatic carbocycles. The summed E-state index contributed by atoms with van der Waals surface area (Å²) in [6.45, 7) is 1.92. The van der Waals surface area contributed by atoms with Gasteiger partial charge in [0, 0.05) is 0 Å². The van der Waals surface area contributed by atoms with Crippen molar-refractivity contribution < 1.29 is 8.94 Å². The summed E-state index contributed by atoms with van der Waals surface area (Å²) in [4.78, 5) is 4.29. The molecule has 0 aliphatic rings. The van der Waals surface area contributed by atoms with Gasteiger partial charge in [0.05, 0.1) is 6.26 Å². The third-order valence-electron chi connectivity index (χ3n) is 2.93. The average molecular weight is 255 g/mol. The summed E-state index contributed by atoms with van der Waals surface area (Å²) in [7, 11) is 0. The van der Waals surface area contributed by atoms with Crippen molar-refractivity contribution in [1.82, 2.24) is 10.1 Å². The van der Waals surface area contributed by atoms with Crippen molar-refractivity contribution in [3.8, 4) is 11.6 Å². The highest BCUT2D eigenvalue weighted by Gasteiger charge is 2.19. The van der Waals surface area contributed by atoms with E-state index >= 15 is 0 Å².